The first kappa shape index (κ1) is 14.1. The summed E-state index contributed by atoms with van der Waals surface area (Å²) < 4.78 is 0. The molecule has 0 aliphatic carbocycles. The van der Waals surface area contributed by atoms with Crippen LogP contribution in [0.2, 0.25) is 0 Å². The van der Waals surface area contributed by atoms with Gasteiger partial charge in [0.1, 0.15) is 6.61 Å². The SMILES string of the molecule is OCC#Cc1ccc(CN2CCC(CO)CC2)cc1. The Kier molecular flexibility index (Phi) is 5.41. The van der Waals surface area contributed by atoms with Crippen molar-refractivity contribution in [3.63, 3.8) is 0 Å². The van der Waals surface area contributed by atoms with E-state index in [-0.39, 0.29) is 6.61 Å². The third kappa shape index (κ3) is 4.36. The highest BCUT2D eigenvalue weighted by molar-refractivity contribution is 5.36. The number of aliphatic hydroxyl groups excluding tert-OH is 2. The average Bonchev–Trinajstić information content (AvgIpc) is 2.47. The Morgan fingerprint density at radius 1 is 1.11 bits per heavy atom. The number of hydrogen-bond acceptors (Lipinski definition) is 3. The van der Waals surface area contributed by atoms with Crippen LogP contribution in [0.1, 0.15) is 24.0 Å². The van der Waals surface area contributed by atoms with E-state index < -0.39 is 0 Å². The van der Waals surface area contributed by atoms with Gasteiger partial charge in [-0.2, -0.15) is 0 Å². The van der Waals surface area contributed by atoms with Crippen LogP contribution in [-0.2, 0) is 6.54 Å². The van der Waals surface area contributed by atoms with Gasteiger partial charge in [0.25, 0.3) is 0 Å². The van der Waals surface area contributed by atoms with Gasteiger partial charge in [-0.15, -0.1) is 0 Å². The van der Waals surface area contributed by atoms with E-state index in [1.807, 2.05) is 12.1 Å². The zero-order valence-electron chi connectivity index (χ0n) is 11.2. The zero-order valence-corrected chi connectivity index (χ0v) is 11.2. The summed E-state index contributed by atoms with van der Waals surface area (Å²) in [6, 6.07) is 8.19. The summed E-state index contributed by atoms with van der Waals surface area (Å²) in [6.45, 7) is 3.33. The molecule has 1 aromatic carbocycles. The minimum Gasteiger partial charge on any atom is -0.396 e. The number of aliphatic hydroxyl groups is 2. The van der Waals surface area contributed by atoms with Crippen molar-refractivity contribution in [1.29, 1.82) is 0 Å². The van der Waals surface area contributed by atoms with Crippen LogP contribution >= 0.6 is 0 Å². The van der Waals surface area contributed by atoms with Crippen LogP contribution in [0.4, 0.5) is 0 Å². The highest BCUT2D eigenvalue weighted by Gasteiger charge is 2.18. The minimum absolute atomic E-state index is 0.0957. The van der Waals surface area contributed by atoms with Crippen molar-refractivity contribution in [3.05, 3.63) is 35.4 Å². The van der Waals surface area contributed by atoms with Crippen molar-refractivity contribution in [3.8, 4) is 11.8 Å². The molecule has 0 amide bonds. The molecule has 1 saturated heterocycles. The molecule has 1 fully saturated rings. The summed E-state index contributed by atoms with van der Waals surface area (Å²) in [5.74, 6) is 6.04. The number of nitrogens with zero attached hydrogens (tertiary/aromatic N) is 1. The lowest BCUT2D eigenvalue weighted by atomic mass is 9.97. The second-order valence-corrected chi connectivity index (χ2v) is 5.06. The highest BCUT2D eigenvalue weighted by atomic mass is 16.3. The van der Waals surface area contributed by atoms with Crippen molar-refractivity contribution >= 4 is 0 Å². The standard InChI is InChI=1S/C16H21NO2/c18-11-1-2-14-3-5-15(6-4-14)12-17-9-7-16(13-19)8-10-17/h3-6,16,18-19H,7-13H2. The molecule has 1 heterocycles. The summed E-state index contributed by atoms with van der Waals surface area (Å²) in [6.07, 6.45) is 2.19. The molecule has 2 N–H and O–H groups in total. The maximum atomic E-state index is 9.12. The van der Waals surface area contributed by atoms with Gasteiger partial charge in [-0.1, -0.05) is 24.0 Å². The topological polar surface area (TPSA) is 43.7 Å². The summed E-state index contributed by atoms with van der Waals surface area (Å²) in [5, 5.41) is 17.8. The Bertz CT molecular complexity index is 436. The molecule has 1 aliphatic rings. The number of piperidine rings is 1. The van der Waals surface area contributed by atoms with Crippen LogP contribution in [0.15, 0.2) is 24.3 Å². The Balaban J connectivity index is 1.86. The van der Waals surface area contributed by atoms with E-state index in [1.54, 1.807) is 0 Å². The molecule has 0 atom stereocenters. The summed E-state index contributed by atoms with van der Waals surface area (Å²) in [4.78, 5) is 2.43. The number of benzene rings is 1. The predicted molar refractivity (Wildman–Crippen MR) is 75.5 cm³/mol. The average molecular weight is 259 g/mol. The van der Waals surface area contributed by atoms with Crippen LogP contribution in [0.25, 0.3) is 0 Å². The van der Waals surface area contributed by atoms with E-state index in [2.05, 4.69) is 28.9 Å². The molecule has 2 rings (SSSR count). The lowest BCUT2D eigenvalue weighted by Crippen LogP contribution is -2.34. The Hall–Kier alpha value is -1.34. The van der Waals surface area contributed by atoms with Gasteiger partial charge in [0.2, 0.25) is 0 Å². The first-order valence-electron chi connectivity index (χ1n) is 6.83. The Morgan fingerprint density at radius 2 is 1.79 bits per heavy atom. The fourth-order valence-electron chi connectivity index (χ4n) is 2.42. The van der Waals surface area contributed by atoms with Gasteiger partial charge in [-0.25, -0.2) is 0 Å². The summed E-state index contributed by atoms with van der Waals surface area (Å²) >= 11 is 0. The Labute approximate surface area is 114 Å². The zero-order chi connectivity index (χ0) is 13.5. The van der Waals surface area contributed by atoms with Crippen molar-refractivity contribution < 1.29 is 10.2 Å². The normalized spacial score (nSPS) is 16.9. The van der Waals surface area contributed by atoms with Gasteiger partial charge in [-0.3, -0.25) is 4.90 Å². The number of rotatable bonds is 3. The molecule has 0 spiro atoms. The van der Waals surface area contributed by atoms with Gasteiger partial charge < -0.3 is 10.2 Å². The predicted octanol–water partition coefficient (Wildman–Crippen LogP) is 1.23. The number of likely N-dealkylation sites (tertiary alicyclic amines) is 1. The summed E-state index contributed by atoms with van der Waals surface area (Å²) in [7, 11) is 0. The Morgan fingerprint density at radius 3 is 2.37 bits per heavy atom. The van der Waals surface area contributed by atoms with Gasteiger partial charge in [-0.05, 0) is 49.5 Å². The first-order chi connectivity index (χ1) is 9.31. The molecule has 102 valence electrons. The smallest absolute Gasteiger partial charge is 0.104 e. The maximum Gasteiger partial charge on any atom is 0.104 e. The molecule has 3 heteroatoms. The molecule has 0 bridgehead atoms. The summed E-state index contributed by atoms with van der Waals surface area (Å²) in [5.41, 5.74) is 2.23. The molecule has 0 unspecified atom stereocenters. The maximum absolute atomic E-state index is 9.12. The van der Waals surface area contributed by atoms with E-state index in [9.17, 15) is 0 Å². The van der Waals surface area contributed by atoms with E-state index in [0.717, 1.165) is 38.0 Å². The van der Waals surface area contributed by atoms with Crippen molar-refractivity contribution in [2.75, 3.05) is 26.3 Å². The van der Waals surface area contributed by atoms with Crippen LogP contribution in [0.3, 0.4) is 0 Å². The van der Waals surface area contributed by atoms with E-state index in [1.165, 1.54) is 5.56 Å². The molecule has 3 nitrogen and oxygen atoms in total. The monoisotopic (exact) mass is 259 g/mol. The molecule has 19 heavy (non-hydrogen) atoms. The van der Waals surface area contributed by atoms with Crippen LogP contribution in [-0.4, -0.2) is 41.4 Å². The van der Waals surface area contributed by atoms with E-state index >= 15 is 0 Å². The van der Waals surface area contributed by atoms with Crippen LogP contribution in [0.5, 0.6) is 0 Å². The molecule has 0 saturated carbocycles. The van der Waals surface area contributed by atoms with Gasteiger partial charge in [0.05, 0.1) is 0 Å². The third-order valence-corrected chi connectivity index (χ3v) is 3.64. The lowest BCUT2D eigenvalue weighted by Gasteiger charge is -2.31. The fourth-order valence-corrected chi connectivity index (χ4v) is 2.42. The van der Waals surface area contributed by atoms with Crippen LogP contribution < -0.4 is 0 Å². The second kappa shape index (κ2) is 7.30. The molecule has 1 aliphatic heterocycles. The molecule has 1 aromatic rings. The number of hydrogen-bond donors (Lipinski definition) is 2. The third-order valence-electron chi connectivity index (χ3n) is 3.64. The molecule has 0 radical (unpaired) electrons. The fraction of sp³-hybridized carbons (Fsp3) is 0.500. The van der Waals surface area contributed by atoms with Crippen molar-refractivity contribution in [2.24, 2.45) is 5.92 Å². The van der Waals surface area contributed by atoms with Crippen molar-refractivity contribution in [1.82, 2.24) is 4.90 Å². The van der Waals surface area contributed by atoms with Gasteiger partial charge in [0.15, 0.2) is 0 Å². The first-order valence-corrected chi connectivity index (χ1v) is 6.83. The highest BCUT2D eigenvalue weighted by Crippen LogP contribution is 2.18. The van der Waals surface area contributed by atoms with Crippen LogP contribution in [0, 0.1) is 17.8 Å². The van der Waals surface area contributed by atoms with E-state index in [0.29, 0.717) is 12.5 Å². The second-order valence-electron chi connectivity index (χ2n) is 5.06. The molecular formula is C16H21NO2. The van der Waals surface area contributed by atoms with Gasteiger partial charge >= 0.3 is 0 Å². The van der Waals surface area contributed by atoms with E-state index in [4.69, 9.17) is 10.2 Å². The minimum atomic E-state index is -0.0957. The molecule has 0 aromatic heterocycles. The molecular weight excluding hydrogens is 238 g/mol. The largest absolute Gasteiger partial charge is 0.396 e. The lowest BCUT2D eigenvalue weighted by molar-refractivity contribution is 0.127. The quantitative estimate of drug-likeness (QED) is 0.803. The van der Waals surface area contributed by atoms with Gasteiger partial charge in [0, 0.05) is 18.7 Å². The van der Waals surface area contributed by atoms with Crippen molar-refractivity contribution in [2.45, 2.75) is 19.4 Å².